The van der Waals surface area contributed by atoms with E-state index in [-0.39, 0.29) is 6.10 Å². The predicted molar refractivity (Wildman–Crippen MR) is 47.2 cm³/mol. The highest BCUT2D eigenvalue weighted by atomic mass is 16.3. The largest absolute Gasteiger partial charge is 0.389 e. The first-order valence-electron chi connectivity index (χ1n) is 4.09. The van der Waals surface area contributed by atoms with Crippen molar-refractivity contribution in [3.8, 4) is 0 Å². The number of aliphatic hydroxyl groups is 1. The quantitative estimate of drug-likeness (QED) is 0.610. The Kier molecular flexibility index (Phi) is 1.70. The highest BCUT2D eigenvalue weighted by Gasteiger charge is 2.09. The van der Waals surface area contributed by atoms with Crippen molar-refractivity contribution < 1.29 is 5.11 Å². The van der Waals surface area contributed by atoms with E-state index in [1.807, 2.05) is 24.3 Å². The number of hydrogen-bond acceptors (Lipinski definition) is 2. The zero-order chi connectivity index (χ0) is 8.55. The highest BCUT2D eigenvalue weighted by molar-refractivity contribution is 5.52. The monoisotopic (exact) mass is 161 g/mol. The van der Waals surface area contributed by atoms with Gasteiger partial charge in [0, 0.05) is 5.22 Å². The number of rotatable bonds is 1. The van der Waals surface area contributed by atoms with E-state index in [0.717, 1.165) is 16.1 Å². The van der Waals surface area contributed by atoms with Crippen LogP contribution in [0.4, 0.5) is 0 Å². The van der Waals surface area contributed by atoms with E-state index >= 15 is 0 Å². The summed E-state index contributed by atoms with van der Waals surface area (Å²) in [7, 11) is 0. The third-order valence-corrected chi connectivity index (χ3v) is 2.17. The Balaban J connectivity index is 2.74. The summed E-state index contributed by atoms with van der Waals surface area (Å²) < 4.78 is 0. The van der Waals surface area contributed by atoms with Gasteiger partial charge in [-0.05, 0) is 18.6 Å². The topological polar surface area (TPSA) is 32.6 Å². The molecule has 0 aromatic heterocycles. The molecule has 62 valence electrons. The molecule has 1 atom stereocenters. The van der Waals surface area contributed by atoms with Gasteiger partial charge in [-0.2, -0.15) is 0 Å². The molecule has 0 spiro atoms. The minimum atomic E-state index is -0.377. The maximum absolute atomic E-state index is 9.40. The van der Waals surface area contributed by atoms with Crippen LogP contribution >= 0.6 is 0 Å². The van der Waals surface area contributed by atoms with Crippen molar-refractivity contribution in [1.29, 1.82) is 0 Å². The first kappa shape index (κ1) is 7.50. The second-order valence-corrected chi connectivity index (χ2v) is 3.03. The molecule has 2 heteroatoms. The van der Waals surface area contributed by atoms with Gasteiger partial charge in [0.05, 0.1) is 18.0 Å². The average Bonchev–Trinajstić information content (AvgIpc) is 2.47. The standard InChI is InChI=1S/C10H11NO/c1-7(12)9-6-11-10-5-3-2-4-8(9)10/h2-5,7,12H,6H2,1H3/t7-/m1/s1. The molecule has 0 bridgehead atoms. The molecule has 1 aromatic carbocycles. The third-order valence-electron chi connectivity index (χ3n) is 2.17. The van der Waals surface area contributed by atoms with Gasteiger partial charge in [-0.25, -0.2) is 0 Å². The number of hydrogen-bond donors (Lipinski definition) is 1. The molecule has 1 N–H and O–H groups in total. The molecule has 1 aliphatic rings. The second kappa shape index (κ2) is 2.72. The minimum Gasteiger partial charge on any atom is -0.389 e. The van der Waals surface area contributed by atoms with Crippen molar-refractivity contribution in [2.45, 2.75) is 13.0 Å². The lowest BCUT2D eigenvalue weighted by atomic mass is 10.1. The molecule has 12 heavy (non-hydrogen) atoms. The Morgan fingerprint density at radius 2 is 2.17 bits per heavy atom. The molecule has 2 rings (SSSR count). The molecule has 0 saturated carbocycles. The molecule has 0 fully saturated rings. The summed E-state index contributed by atoms with van der Waals surface area (Å²) in [6.45, 7) is 2.43. The number of fused-ring (bicyclic) bond motifs is 1. The Bertz CT molecular complexity index is 406. The van der Waals surface area contributed by atoms with Crippen LogP contribution < -0.4 is 10.6 Å². The summed E-state index contributed by atoms with van der Waals surface area (Å²) in [5.41, 5.74) is 1.03. The van der Waals surface area contributed by atoms with Gasteiger partial charge < -0.3 is 5.11 Å². The Hall–Kier alpha value is -1.15. The van der Waals surface area contributed by atoms with E-state index < -0.39 is 0 Å². The maximum Gasteiger partial charge on any atom is 0.0749 e. The molecule has 0 saturated heterocycles. The summed E-state index contributed by atoms with van der Waals surface area (Å²) in [5, 5.41) is 11.5. The number of aliphatic hydroxyl groups excluding tert-OH is 1. The highest BCUT2D eigenvalue weighted by Crippen LogP contribution is 2.02. The van der Waals surface area contributed by atoms with Crippen molar-refractivity contribution in [3.05, 3.63) is 34.8 Å². The first-order valence-corrected chi connectivity index (χ1v) is 4.09. The van der Waals surface area contributed by atoms with Crippen LogP contribution in [0.2, 0.25) is 0 Å². The molecule has 0 radical (unpaired) electrons. The number of nitrogens with zero attached hydrogens (tertiary/aromatic N) is 1. The van der Waals surface area contributed by atoms with Gasteiger partial charge in [0.15, 0.2) is 0 Å². The van der Waals surface area contributed by atoms with Gasteiger partial charge in [-0.1, -0.05) is 18.2 Å². The molecule has 1 aliphatic heterocycles. The van der Waals surface area contributed by atoms with E-state index in [9.17, 15) is 5.11 Å². The zero-order valence-electron chi connectivity index (χ0n) is 6.99. The van der Waals surface area contributed by atoms with Crippen molar-refractivity contribution in [1.82, 2.24) is 0 Å². The predicted octanol–water partition coefficient (Wildman–Crippen LogP) is -0.149. The van der Waals surface area contributed by atoms with Crippen LogP contribution in [0.5, 0.6) is 0 Å². The van der Waals surface area contributed by atoms with Crippen LogP contribution in [0, 0.1) is 0 Å². The van der Waals surface area contributed by atoms with Gasteiger partial charge in [0.2, 0.25) is 0 Å². The smallest absolute Gasteiger partial charge is 0.0749 e. The fourth-order valence-corrected chi connectivity index (χ4v) is 1.50. The van der Waals surface area contributed by atoms with E-state index in [4.69, 9.17) is 0 Å². The molecule has 0 unspecified atom stereocenters. The molecule has 2 nitrogen and oxygen atoms in total. The molecular weight excluding hydrogens is 150 g/mol. The van der Waals surface area contributed by atoms with Crippen LogP contribution in [0.3, 0.4) is 0 Å². The van der Waals surface area contributed by atoms with Gasteiger partial charge in [0.25, 0.3) is 0 Å². The summed E-state index contributed by atoms with van der Waals surface area (Å²) in [5.74, 6) is 0. The molecule has 0 aliphatic carbocycles. The van der Waals surface area contributed by atoms with Gasteiger partial charge in [-0.3, -0.25) is 4.99 Å². The second-order valence-electron chi connectivity index (χ2n) is 3.03. The van der Waals surface area contributed by atoms with Crippen LogP contribution in [-0.4, -0.2) is 17.8 Å². The molecule has 1 aromatic rings. The van der Waals surface area contributed by atoms with Crippen LogP contribution in [-0.2, 0) is 0 Å². The number of benzene rings is 1. The van der Waals surface area contributed by atoms with E-state index in [0.29, 0.717) is 6.54 Å². The fourth-order valence-electron chi connectivity index (χ4n) is 1.50. The lowest BCUT2D eigenvalue weighted by Crippen LogP contribution is -2.25. The van der Waals surface area contributed by atoms with Crippen LogP contribution in [0.25, 0.3) is 5.57 Å². The van der Waals surface area contributed by atoms with Gasteiger partial charge >= 0.3 is 0 Å². The van der Waals surface area contributed by atoms with Crippen molar-refractivity contribution >= 4 is 5.57 Å². The maximum atomic E-state index is 9.40. The van der Waals surface area contributed by atoms with Crippen LogP contribution in [0.1, 0.15) is 6.92 Å². The Morgan fingerprint density at radius 1 is 1.42 bits per heavy atom. The average molecular weight is 161 g/mol. The third kappa shape index (κ3) is 1.04. The lowest BCUT2D eigenvalue weighted by molar-refractivity contribution is 0.250. The molecular formula is C10H11NO. The normalized spacial score (nSPS) is 17.0. The first-order chi connectivity index (χ1) is 5.79. The SMILES string of the molecule is C[C@@H](O)C1=c2ccccc2=NC1. The van der Waals surface area contributed by atoms with Crippen molar-refractivity contribution in [2.24, 2.45) is 4.99 Å². The van der Waals surface area contributed by atoms with E-state index in [1.54, 1.807) is 6.92 Å². The number of para-hydroxylation sites is 1. The van der Waals surface area contributed by atoms with Gasteiger partial charge in [0.1, 0.15) is 0 Å². The minimum absolute atomic E-state index is 0.377. The summed E-state index contributed by atoms with van der Waals surface area (Å²) >= 11 is 0. The molecule has 0 amide bonds. The van der Waals surface area contributed by atoms with Gasteiger partial charge in [-0.15, -0.1) is 0 Å². The van der Waals surface area contributed by atoms with E-state index in [2.05, 4.69) is 4.99 Å². The molecule has 1 heterocycles. The van der Waals surface area contributed by atoms with E-state index in [1.165, 1.54) is 0 Å². The van der Waals surface area contributed by atoms with Crippen LogP contribution in [0.15, 0.2) is 29.3 Å². The summed E-state index contributed by atoms with van der Waals surface area (Å²) in [6, 6.07) is 7.92. The summed E-state index contributed by atoms with van der Waals surface area (Å²) in [4.78, 5) is 4.30. The Morgan fingerprint density at radius 3 is 2.92 bits per heavy atom. The van der Waals surface area contributed by atoms with Crippen molar-refractivity contribution in [3.63, 3.8) is 0 Å². The Labute approximate surface area is 70.9 Å². The van der Waals surface area contributed by atoms with Crippen molar-refractivity contribution in [2.75, 3.05) is 6.54 Å². The fraction of sp³-hybridized carbons (Fsp3) is 0.300. The zero-order valence-corrected chi connectivity index (χ0v) is 6.99. The summed E-state index contributed by atoms with van der Waals surface area (Å²) in [6.07, 6.45) is -0.377. The lowest BCUT2D eigenvalue weighted by Gasteiger charge is -2.02.